The van der Waals surface area contributed by atoms with Gasteiger partial charge in [-0.1, -0.05) is 30.7 Å². The third-order valence-corrected chi connectivity index (χ3v) is 3.25. The van der Waals surface area contributed by atoms with E-state index in [1.807, 2.05) is 12.1 Å². The summed E-state index contributed by atoms with van der Waals surface area (Å²) in [6.45, 7) is 5.08. The summed E-state index contributed by atoms with van der Waals surface area (Å²) in [7, 11) is 0. The molecule has 1 heterocycles. The quantitative estimate of drug-likeness (QED) is 0.858. The van der Waals surface area contributed by atoms with Crippen LogP contribution in [0, 0.1) is 6.92 Å². The first kappa shape index (κ1) is 16.2. The maximum absolute atomic E-state index is 12.2. The lowest BCUT2D eigenvalue weighted by Crippen LogP contribution is -2.24. The summed E-state index contributed by atoms with van der Waals surface area (Å²) in [5.74, 6) is 1.02. The van der Waals surface area contributed by atoms with Gasteiger partial charge in [0.15, 0.2) is 0 Å². The molecule has 0 fully saturated rings. The van der Waals surface area contributed by atoms with Gasteiger partial charge in [-0.3, -0.25) is 4.79 Å². The third-order valence-electron chi connectivity index (χ3n) is 2.99. The number of amides is 1. The van der Waals surface area contributed by atoms with Crippen LogP contribution in [0.15, 0.2) is 30.3 Å². The summed E-state index contributed by atoms with van der Waals surface area (Å²) in [6, 6.07) is 9.01. The minimum Gasteiger partial charge on any atom is -0.370 e. The van der Waals surface area contributed by atoms with E-state index < -0.39 is 0 Å². The Bertz CT molecular complexity index is 643. The standard InChI is InChI=1S/C16H19ClN4O/c1-3-8-18-15-9-14(20-11(2)21-15)16(22)19-10-12-4-6-13(17)7-5-12/h4-7,9H,3,8,10H2,1-2H3,(H,19,22)(H,18,20,21). The molecule has 0 bridgehead atoms. The molecule has 0 aliphatic carbocycles. The Morgan fingerprint density at radius 1 is 1.23 bits per heavy atom. The summed E-state index contributed by atoms with van der Waals surface area (Å²) < 4.78 is 0. The maximum atomic E-state index is 12.2. The van der Waals surface area contributed by atoms with Crippen LogP contribution in [0.3, 0.4) is 0 Å². The van der Waals surface area contributed by atoms with E-state index >= 15 is 0 Å². The summed E-state index contributed by atoms with van der Waals surface area (Å²) in [6.07, 6.45) is 0.987. The average Bonchev–Trinajstić information content (AvgIpc) is 2.51. The zero-order chi connectivity index (χ0) is 15.9. The average molecular weight is 319 g/mol. The van der Waals surface area contributed by atoms with Crippen LogP contribution in [0.2, 0.25) is 5.02 Å². The molecule has 0 aliphatic heterocycles. The molecule has 2 N–H and O–H groups in total. The minimum atomic E-state index is -0.222. The molecule has 22 heavy (non-hydrogen) atoms. The second-order valence-electron chi connectivity index (χ2n) is 4.92. The summed E-state index contributed by atoms with van der Waals surface area (Å²) in [5.41, 5.74) is 1.34. The molecule has 0 aliphatic rings. The van der Waals surface area contributed by atoms with E-state index in [2.05, 4.69) is 27.5 Å². The monoisotopic (exact) mass is 318 g/mol. The number of nitrogens with one attached hydrogen (secondary N) is 2. The lowest BCUT2D eigenvalue weighted by molar-refractivity contribution is 0.0945. The number of rotatable bonds is 6. The smallest absolute Gasteiger partial charge is 0.270 e. The van der Waals surface area contributed by atoms with Crippen molar-refractivity contribution in [1.82, 2.24) is 15.3 Å². The fraction of sp³-hybridized carbons (Fsp3) is 0.312. The number of nitrogens with zero attached hydrogens (tertiary/aromatic N) is 2. The SMILES string of the molecule is CCCNc1cc(C(=O)NCc2ccc(Cl)cc2)nc(C)n1. The fourth-order valence-corrected chi connectivity index (χ4v) is 2.03. The normalized spacial score (nSPS) is 10.3. The first-order valence-electron chi connectivity index (χ1n) is 7.20. The highest BCUT2D eigenvalue weighted by atomic mass is 35.5. The second kappa shape index (κ2) is 7.75. The van der Waals surface area contributed by atoms with E-state index in [0.717, 1.165) is 18.5 Å². The van der Waals surface area contributed by atoms with Crippen molar-refractivity contribution >= 4 is 23.3 Å². The molecule has 0 saturated heterocycles. The highest BCUT2D eigenvalue weighted by molar-refractivity contribution is 6.30. The molecule has 0 saturated carbocycles. The van der Waals surface area contributed by atoms with E-state index in [1.165, 1.54) is 0 Å². The van der Waals surface area contributed by atoms with Crippen molar-refractivity contribution < 1.29 is 4.79 Å². The number of aryl methyl sites for hydroxylation is 1. The predicted molar refractivity (Wildman–Crippen MR) is 88.2 cm³/mol. The summed E-state index contributed by atoms with van der Waals surface area (Å²) in [4.78, 5) is 20.7. The molecule has 2 aromatic rings. The lowest BCUT2D eigenvalue weighted by atomic mass is 10.2. The van der Waals surface area contributed by atoms with Crippen molar-refractivity contribution in [3.8, 4) is 0 Å². The van der Waals surface area contributed by atoms with Gasteiger partial charge in [0, 0.05) is 24.2 Å². The van der Waals surface area contributed by atoms with Gasteiger partial charge in [-0.25, -0.2) is 9.97 Å². The molecule has 5 nitrogen and oxygen atoms in total. The van der Waals surface area contributed by atoms with Crippen molar-refractivity contribution in [3.63, 3.8) is 0 Å². The van der Waals surface area contributed by atoms with Crippen LogP contribution in [0.25, 0.3) is 0 Å². The number of benzene rings is 1. The van der Waals surface area contributed by atoms with Crippen molar-refractivity contribution in [1.29, 1.82) is 0 Å². The molecule has 0 atom stereocenters. The van der Waals surface area contributed by atoms with E-state index in [4.69, 9.17) is 11.6 Å². The van der Waals surface area contributed by atoms with Gasteiger partial charge in [0.25, 0.3) is 5.91 Å². The molecular weight excluding hydrogens is 300 g/mol. The number of carbonyl (C=O) groups is 1. The third kappa shape index (κ3) is 4.70. The Morgan fingerprint density at radius 3 is 2.64 bits per heavy atom. The van der Waals surface area contributed by atoms with E-state index in [1.54, 1.807) is 25.1 Å². The number of carbonyl (C=O) groups excluding carboxylic acids is 1. The van der Waals surface area contributed by atoms with E-state index in [9.17, 15) is 4.79 Å². The number of hydrogen-bond donors (Lipinski definition) is 2. The Kier molecular flexibility index (Phi) is 5.72. The highest BCUT2D eigenvalue weighted by Gasteiger charge is 2.10. The summed E-state index contributed by atoms with van der Waals surface area (Å²) in [5, 5.41) is 6.68. The molecule has 0 radical (unpaired) electrons. The molecule has 1 amide bonds. The first-order valence-corrected chi connectivity index (χ1v) is 7.58. The van der Waals surface area contributed by atoms with Crippen LogP contribution >= 0.6 is 11.6 Å². The molecule has 1 aromatic carbocycles. The number of anilines is 1. The fourth-order valence-electron chi connectivity index (χ4n) is 1.90. The van der Waals surface area contributed by atoms with Crippen LogP contribution < -0.4 is 10.6 Å². The number of aromatic nitrogens is 2. The zero-order valence-corrected chi connectivity index (χ0v) is 13.4. The number of hydrogen-bond acceptors (Lipinski definition) is 4. The molecule has 116 valence electrons. The molecule has 6 heteroatoms. The van der Waals surface area contributed by atoms with Gasteiger partial charge in [-0.15, -0.1) is 0 Å². The van der Waals surface area contributed by atoms with Crippen LogP contribution in [0.5, 0.6) is 0 Å². The van der Waals surface area contributed by atoms with Crippen LogP contribution in [-0.2, 0) is 6.54 Å². The highest BCUT2D eigenvalue weighted by Crippen LogP contribution is 2.10. The van der Waals surface area contributed by atoms with Crippen molar-refractivity contribution in [3.05, 3.63) is 52.4 Å². The molecule has 0 spiro atoms. The molecular formula is C16H19ClN4O. The van der Waals surface area contributed by atoms with Gasteiger partial charge >= 0.3 is 0 Å². The molecule has 1 aromatic heterocycles. The molecule has 0 unspecified atom stereocenters. The first-order chi connectivity index (χ1) is 10.6. The van der Waals surface area contributed by atoms with E-state index in [0.29, 0.717) is 28.9 Å². The van der Waals surface area contributed by atoms with Crippen molar-refractivity contribution in [2.75, 3.05) is 11.9 Å². The van der Waals surface area contributed by atoms with Gasteiger partial charge in [0.05, 0.1) is 0 Å². The Hall–Kier alpha value is -2.14. The predicted octanol–water partition coefficient (Wildman–Crippen LogP) is 3.19. The second-order valence-corrected chi connectivity index (χ2v) is 5.36. The van der Waals surface area contributed by atoms with Crippen molar-refractivity contribution in [2.24, 2.45) is 0 Å². The maximum Gasteiger partial charge on any atom is 0.270 e. The topological polar surface area (TPSA) is 66.9 Å². The summed E-state index contributed by atoms with van der Waals surface area (Å²) >= 11 is 5.84. The van der Waals surface area contributed by atoms with Gasteiger partial charge in [0.2, 0.25) is 0 Å². The Labute approximate surface area is 135 Å². The largest absolute Gasteiger partial charge is 0.370 e. The van der Waals surface area contributed by atoms with Gasteiger partial charge in [-0.2, -0.15) is 0 Å². The molecule has 2 rings (SSSR count). The van der Waals surface area contributed by atoms with Crippen LogP contribution in [0.1, 0.15) is 35.2 Å². The van der Waals surface area contributed by atoms with Gasteiger partial charge in [0.1, 0.15) is 17.3 Å². The zero-order valence-electron chi connectivity index (χ0n) is 12.7. The van der Waals surface area contributed by atoms with Gasteiger partial charge < -0.3 is 10.6 Å². The minimum absolute atomic E-state index is 0.222. The van der Waals surface area contributed by atoms with Crippen LogP contribution in [0.4, 0.5) is 5.82 Å². The number of halogens is 1. The van der Waals surface area contributed by atoms with Gasteiger partial charge in [-0.05, 0) is 31.0 Å². The Balaban J connectivity index is 2.02. The van der Waals surface area contributed by atoms with E-state index in [-0.39, 0.29) is 5.91 Å². The van der Waals surface area contributed by atoms with Crippen molar-refractivity contribution in [2.45, 2.75) is 26.8 Å². The van der Waals surface area contributed by atoms with Crippen LogP contribution in [-0.4, -0.2) is 22.4 Å². The lowest BCUT2D eigenvalue weighted by Gasteiger charge is -2.08. The Morgan fingerprint density at radius 2 is 1.95 bits per heavy atom.